The molecule has 1 amide bonds. The van der Waals surface area contributed by atoms with Gasteiger partial charge in [0.2, 0.25) is 0 Å². The zero-order valence-corrected chi connectivity index (χ0v) is 16.0. The summed E-state index contributed by atoms with van der Waals surface area (Å²) in [6.07, 6.45) is 0. The van der Waals surface area contributed by atoms with Crippen molar-refractivity contribution < 1.29 is 9.53 Å². The van der Waals surface area contributed by atoms with E-state index in [1.807, 2.05) is 55.1 Å². The smallest absolute Gasteiger partial charge is 0.261 e. The molecule has 0 aliphatic heterocycles. The maximum atomic E-state index is 12.6. The predicted molar refractivity (Wildman–Crippen MR) is 105 cm³/mol. The first-order chi connectivity index (χ1) is 11.6. The third-order valence-electron chi connectivity index (χ3n) is 3.34. The van der Waals surface area contributed by atoms with Crippen molar-refractivity contribution in [3.63, 3.8) is 0 Å². The van der Waals surface area contributed by atoms with Gasteiger partial charge in [-0.05, 0) is 56.4 Å². The number of nitrogens with one attached hydrogen (secondary N) is 1. The Morgan fingerprint density at radius 2 is 1.92 bits per heavy atom. The van der Waals surface area contributed by atoms with Crippen LogP contribution in [0.2, 0.25) is 0 Å². The van der Waals surface area contributed by atoms with Gasteiger partial charge in [-0.15, -0.1) is 0 Å². The predicted octanol–water partition coefficient (Wildman–Crippen LogP) is 4.39. The Morgan fingerprint density at radius 1 is 1.21 bits per heavy atom. The number of anilines is 1. The van der Waals surface area contributed by atoms with Crippen LogP contribution in [0, 0.1) is 0 Å². The molecule has 0 fully saturated rings. The van der Waals surface area contributed by atoms with Crippen LogP contribution in [0.4, 0.5) is 5.69 Å². The van der Waals surface area contributed by atoms with Gasteiger partial charge in [0.15, 0.2) is 5.11 Å². The van der Waals surface area contributed by atoms with E-state index in [4.69, 9.17) is 17.0 Å². The molecule has 0 bridgehead atoms. The fourth-order valence-electron chi connectivity index (χ4n) is 2.24. The highest BCUT2D eigenvalue weighted by molar-refractivity contribution is 9.10. The average molecular weight is 407 g/mol. The second-order valence-electron chi connectivity index (χ2n) is 4.91. The molecule has 0 aromatic heterocycles. The highest BCUT2D eigenvalue weighted by Crippen LogP contribution is 2.23. The van der Waals surface area contributed by atoms with Gasteiger partial charge in [-0.1, -0.05) is 34.1 Å². The molecule has 1 N–H and O–H groups in total. The molecule has 126 valence electrons. The van der Waals surface area contributed by atoms with Crippen molar-refractivity contribution in [1.29, 1.82) is 0 Å². The molecular weight excluding hydrogens is 388 g/mol. The minimum Gasteiger partial charge on any atom is -0.493 e. The molecule has 0 atom stereocenters. The Kier molecular flexibility index (Phi) is 6.75. The van der Waals surface area contributed by atoms with Gasteiger partial charge >= 0.3 is 0 Å². The number of carbonyl (C=O) groups excluding carboxylic acids is 1. The van der Waals surface area contributed by atoms with Crippen molar-refractivity contribution in [2.45, 2.75) is 13.8 Å². The van der Waals surface area contributed by atoms with Gasteiger partial charge in [-0.3, -0.25) is 10.1 Å². The summed E-state index contributed by atoms with van der Waals surface area (Å²) in [5.74, 6) is 0.239. The van der Waals surface area contributed by atoms with Crippen molar-refractivity contribution in [3.05, 3.63) is 58.6 Å². The lowest BCUT2D eigenvalue weighted by atomic mass is 10.2. The summed E-state index contributed by atoms with van der Waals surface area (Å²) >= 11 is 8.80. The molecule has 0 aliphatic carbocycles. The van der Waals surface area contributed by atoms with Crippen molar-refractivity contribution in [2.24, 2.45) is 0 Å². The van der Waals surface area contributed by atoms with Crippen LogP contribution in [0.25, 0.3) is 0 Å². The van der Waals surface area contributed by atoms with Gasteiger partial charge in [0.05, 0.1) is 12.2 Å². The van der Waals surface area contributed by atoms with Crippen LogP contribution in [0.5, 0.6) is 5.75 Å². The number of amides is 1. The number of rotatable bonds is 5. The number of para-hydroxylation sites is 1. The Balaban J connectivity index is 2.19. The van der Waals surface area contributed by atoms with Crippen LogP contribution >= 0.6 is 28.1 Å². The van der Waals surface area contributed by atoms with Gasteiger partial charge in [0.1, 0.15) is 5.75 Å². The van der Waals surface area contributed by atoms with Crippen molar-refractivity contribution in [2.75, 3.05) is 18.1 Å². The maximum absolute atomic E-state index is 12.6. The first-order valence-electron chi connectivity index (χ1n) is 7.67. The van der Waals surface area contributed by atoms with E-state index in [0.29, 0.717) is 29.6 Å². The topological polar surface area (TPSA) is 41.6 Å². The Hall–Kier alpha value is -1.92. The number of ether oxygens (including phenoxy) is 1. The van der Waals surface area contributed by atoms with E-state index in [9.17, 15) is 4.79 Å². The van der Waals surface area contributed by atoms with E-state index >= 15 is 0 Å². The zero-order chi connectivity index (χ0) is 17.5. The molecule has 2 rings (SSSR count). The Labute approximate surface area is 155 Å². The molecule has 4 nitrogen and oxygen atoms in total. The highest BCUT2D eigenvalue weighted by atomic mass is 79.9. The summed E-state index contributed by atoms with van der Waals surface area (Å²) in [5, 5.41) is 3.15. The highest BCUT2D eigenvalue weighted by Gasteiger charge is 2.17. The van der Waals surface area contributed by atoms with E-state index in [2.05, 4.69) is 21.2 Å². The second-order valence-corrected chi connectivity index (χ2v) is 6.21. The van der Waals surface area contributed by atoms with Gasteiger partial charge in [-0.25, -0.2) is 0 Å². The Morgan fingerprint density at radius 3 is 2.54 bits per heavy atom. The molecule has 24 heavy (non-hydrogen) atoms. The third-order valence-corrected chi connectivity index (χ3v) is 4.15. The zero-order valence-electron chi connectivity index (χ0n) is 13.6. The summed E-state index contributed by atoms with van der Waals surface area (Å²) in [5.41, 5.74) is 1.38. The summed E-state index contributed by atoms with van der Waals surface area (Å²) in [7, 11) is 0. The van der Waals surface area contributed by atoms with Crippen LogP contribution in [-0.4, -0.2) is 24.2 Å². The van der Waals surface area contributed by atoms with Crippen LogP contribution in [0.3, 0.4) is 0 Å². The standard InChI is InChI=1S/C18H19BrN2O2S/c1-3-21(14-8-6-5-7-9-14)18(24)20-17(22)15-12-13(19)10-11-16(15)23-4-2/h5-12H,3-4H2,1-2H3,(H,20,22,24). The van der Waals surface area contributed by atoms with E-state index in [0.717, 1.165) is 10.2 Å². The summed E-state index contributed by atoms with van der Waals surface area (Å²) in [6, 6.07) is 15.0. The number of nitrogens with zero attached hydrogens (tertiary/aromatic N) is 1. The lowest BCUT2D eigenvalue weighted by molar-refractivity contribution is 0.0973. The molecular formula is C18H19BrN2O2S. The van der Waals surface area contributed by atoms with Gasteiger partial charge in [-0.2, -0.15) is 0 Å². The number of carbonyl (C=O) groups is 1. The molecule has 0 spiro atoms. The Bertz CT molecular complexity index is 722. The van der Waals surface area contributed by atoms with Gasteiger partial charge in [0, 0.05) is 16.7 Å². The summed E-state index contributed by atoms with van der Waals surface area (Å²) in [6.45, 7) is 5.00. The van der Waals surface area contributed by atoms with Crippen LogP contribution in [-0.2, 0) is 0 Å². The molecule has 0 radical (unpaired) electrons. The summed E-state index contributed by atoms with van der Waals surface area (Å²) < 4.78 is 6.33. The van der Waals surface area contributed by atoms with Crippen molar-refractivity contribution in [3.8, 4) is 5.75 Å². The number of hydrogen-bond acceptors (Lipinski definition) is 3. The van der Waals surface area contributed by atoms with Gasteiger partial charge < -0.3 is 9.64 Å². The molecule has 2 aromatic carbocycles. The minimum absolute atomic E-state index is 0.292. The van der Waals surface area contributed by atoms with Crippen LogP contribution < -0.4 is 15.0 Å². The van der Waals surface area contributed by atoms with E-state index in [1.54, 1.807) is 12.1 Å². The van der Waals surface area contributed by atoms with E-state index < -0.39 is 0 Å². The fraction of sp³-hybridized carbons (Fsp3) is 0.222. The molecule has 0 unspecified atom stereocenters. The van der Waals surface area contributed by atoms with Crippen LogP contribution in [0.1, 0.15) is 24.2 Å². The van der Waals surface area contributed by atoms with E-state index in [1.165, 1.54) is 0 Å². The second kappa shape index (κ2) is 8.80. The lowest BCUT2D eigenvalue weighted by Crippen LogP contribution is -2.42. The third kappa shape index (κ3) is 4.55. The largest absolute Gasteiger partial charge is 0.493 e. The van der Waals surface area contributed by atoms with Gasteiger partial charge in [0.25, 0.3) is 5.91 Å². The molecule has 2 aromatic rings. The van der Waals surface area contributed by atoms with E-state index in [-0.39, 0.29) is 5.91 Å². The average Bonchev–Trinajstić information content (AvgIpc) is 2.58. The molecule has 0 heterocycles. The SMILES string of the molecule is CCOc1ccc(Br)cc1C(=O)NC(=S)N(CC)c1ccccc1. The number of benzene rings is 2. The minimum atomic E-state index is -0.292. The van der Waals surface area contributed by atoms with Crippen molar-refractivity contribution >= 4 is 44.9 Å². The number of thiocarbonyl (C=S) groups is 1. The number of hydrogen-bond donors (Lipinski definition) is 1. The monoisotopic (exact) mass is 406 g/mol. The molecule has 0 saturated carbocycles. The maximum Gasteiger partial charge on any atom is 0.261 e. The normalized spacial score (nSPS) is 10.1. The first kappa shape index (κ1) is 18.4. The molecule has 0 aliphatic rings. The quantitative estimate of drug-likeness (QED) is 0.747. The fourth-order valence-corrected chi connectivity index (χ4v) is 2.93. The molecule has 6 heteroatoms. The van der Waals surface area contributed by atoms with Crippen LogP contribution in [0.15, 0.2) is 53.0 Å². The molecule has 0 saturated heterocycles. The first-order valence-corrected chi connectivity index (χ1v) is 8.87. The summed E-state index contributed by atoms with van der Waals surface area (Å²) in [4.78, 5) is 14.5. The number of halogens is 1. The lowest BCUT2D eigenvalue weighted by Gasteiger charge is -2.24. The van der Waals surface area contributed by atoms with Crippen molar-refractivity contribution in [1.82, 2.24) is 5.32 Å².